The quantitative estimate of drug-likeness (QED) is 0.841. The van der Waals surface area contributed by atoms with Crippen molar-refractivity contribution in [2.24, 2.45) is 5.73 Å². The fraction of sp³-hybridized carbons (Fsp3) is 0.333. The number of rotatable bonds is 5. The second-order valence-corrected chi connectivity index (χ2v) is 5.92. The molecule has 0 saturated carbocycles. The summed E-state index contributed by atoms with van der Waals surface area (Å²) in [7, 11) is 0. The number of benzene rings is 2. The second-order valence-electron chi connectivity index (χ2n) is 5.48. The van der Waals surface area contributed by atoms with Gasteiger partial charge in [0.05, 0.1) is 0 Å². The van der Waals surface area contributed by atoms with Gasteiger partial charge in [0.15, 0.2) is 0 Å². The van der Waals surface area contributed by atoms with Gasteiger partial charge in [-0.1, -0.05) is 36.7 Å². The van der Waals surface area contributed by atoms with Crippen molar-refractivity contribution in [1.29, 1.82) is 0 Å². The van der Waals surface area contributed by atoms with Crippen LogP contribution in [0.4, 0.5) is 0 Å². The average Bonchev–Trinajstić information content (AvgIpc) is 2.46. The summed E-state index contributed by atoms with van der Waals surface area (Å²) in [4.78, 5) is 0. The monoisotopic (exact) mass is 303 g/mol. The fourth-order valence-corrected chi connectivity index (χ4v) is 2.29. The van der Waals surface area contributed by atoms with Crippen LogP contribution < -0.4 is 10.5 Å². The van der Waals surface area contributed by atoms with E-state index in [0.717, 1.165) is 35.5 Å². The largest absolute Gasteiger partial charge is 0.457 e. The molecule has 0 bridgehead atoms. The van der Waals surface area contributed by atoms with Gasteiger partial charge < -0.3 is 10.5 Å². The van der Waals surface area contributed by atoms with Gasteiger partial charge in [-0.2, -0.15) is 0 Å². The third-order valence-corrected chi connectivity index (χ3v) is 3.88. The van der Waals surface area contributed by atoms with Crippen LogP contribution in [0.3, 0.4) is 0 Å². The molecule has 3 heteroatoms. The highest BCUT2D eigenvalue weighted by Gasteiger charge is 2.08. The Hall–Kier alpha value is -1.51. The van der Waals surface area contributed by atoms with E-state index in [-0.39, 0.29) is 6.04 Å². The lowest BCUT2D eigenvalue weighted by molar-refractivity contribution is 0.474. The first-order valence-electron chi connectivity index (χ1n) is 7.28. The van der Waals surface area contributed by atoms with E-state index in [1.54, 1.807) is 0 Å². The molecule has 0 aliphatic rings. The van der Waals surface area contributed by atoms with Crippen LogP contribution in [-0.4, -0.2) is 6.04 Å². The second kappa shape index (κ2) is 6.97. The Morgan fingerprint density at radius 2 is 1.67 bits per heavy atom. The lowest BCUT2D eigenvalue weighted by Crippen LogP contribution is -2.21. The van der Waals surface area contributed by atoms with E-state index in [2.05, 4.69) is 25.1 Å². The summed E-state index contributed by atoms with van der Waals surface area (Å²) in [5.74, 6) is 1.66. The summed E-state index contributed by atoms with van der Waals surface area (Å²) in [5.41, 5.74) is 9.39. The molecule has 1 unspecified atom stereocenters. The molecule has 1 atom stereocenters. The van der Waals surface area contributed by atoms with Crippen LogP contribution in [0.5, 0.6) is 11.5 Å². The molecule has 2 rings (SSSR count). The third kappa shape index (κ3) is 4.23. The molecule has 0 radical (unpaired) electrons. The first kappa shape index (κ1) is 15.9. The maximum Gasteiger partial charge on any atom is 0.131 e. The van der Waals surface area contributed by atoms with Crippen LogP contribution in [0.15, 0.2) is 36.4 Å². The minimum absolute atomic E-state index is 0.188. The predicted octanol–water partition coefficient (Wildman–Crippen LogP) is 5.03. The minimum atomic E-state index is 0.188. The van der Waals surface area contributed by atoms with Crippen LogP contribution in [0.2, 0.25) is 5.02 Å². The van der Waals surface area contributed by atoms with Gasteiger partial charge in [0, 0.05) is 11.1 Å². The van der Waals surface area contributed by atoms with Crippen molar-refractivity contribution in [3.8, 4) is 11.5 Å². The van der Waals surface area contributed by atoms with Crippen LogP contribution in [-0.2, 0) is 6.42 Å². The summed E-state index contributed by atoms with van der Waals surface area (Å²) in [6.07, 6.45) is 1.83. The van der Waals surface area contributed by atoms with Crippen molar-refractivity contribution < 1.29 is 4.74 Å². The summed E-state index contributed by atoms with van der Waals surface area (Å²) in [6, 6.07) is 12.1. The molecule has 2 aromatic carbocycles. The van der Waals surface area contributed by atoms with Gasteiger partial charge >= 0.3 is 0 Å². The Morgan fingerprint density at radius 3 is 2.33 bits per heavy atom. The van der Waals surface area contributed by atoms with Crippen LogP contribution in [0.25, 0.3) is 0 Å². The zero-order valence-corrected chi connectivity index (χ0v) is 13.6. The van der Waals surface area contributed by atoms with Gasteiger partial charge in [0.2, 0.25) is 0 Å². The molecule has 2 aromatic rings. The van der Waals surface area contributed by atoms with E-state index in [0.29, 0.717) is 5.02 Å². The van der Waals surface area contributed by atoms with Crippen molar-refractivity contribution in [2.75, 3.05) is 0 Å². The van der Waals surface area contributed by atoms with Gasteiger partial charge in [-0.15, -0.1) is 0 Å². The molecule has 21 heavy (non-hydrogen) atoms. The number of ether oxygens (including phenoxy) is 1. The number of aryl methyl sites for hydroxylation is 2. The molecule has 0 aliphatic heterocycles. The Labute approximate surface area is 131 Å². The van der Waals surface area contributed by atoms with Crippen LogP contribution >= 0.6 is 11.6 Å². The summed E-state index contributed by atoms with van der Waals surface area (Å²) < 4.78 is 6.05. The van der Waals surface area contributed by atoms with Gasteiger partial charge in [-0.25, -0.2) is 0 Å². The van der Waals surface area contributed by atoms with E-state index in [9.17, 15) is 0 Å². The van der Waals surface area contributed by atoms with Gasteiger partial charge in [-0.3, -0.25) is 0 Å². The molecular weight excluding hydrogens is 282 g/mol. The highest BCUT2D eigenvalue weighted by molar-refractivity contribution is 6.30. The molecule has 0 spiro atoms. The molecule has 0 saturated heterocycles. The van der Waals surface area contributed by atoms with Crippen LogP contribution in [0, 0.1) is 13.8 Å². The van der Waals surface area contributed by atoms with Gasteiger partial charge in [0.25, 0.3) is 0 Å². The topological polar surface area (TPSA) is 35.2 Å². The Bertz CT molecular complexity index is 625. The molecule has 112 valence electrons. The summed E-state index contributed by atoms with van der Waals surface area (Å²) >= 11 is 6.05. The average molecular weight is 304 g/mol. The Morgan fingerprint density at radius 1 is 1.05 bits per heavy atom. The fourth-order valence-electron chi connectivity index (χ4n) is 2.13. The van der Waals surface area contributed by atoms with Crippen molar-refractivity contribution in [1.82, 2.24) is 0 Å². The van der Waals surface area contributed by atoms with Crippen molar-refractivity contribution >= 4 is 11.6 Å². The number of halogens is 1. The molecule has 0 aromatic heterocycles. The molecule has 2 nitrogen and oxygen atoms in total. The molecule has 0 heterocycles. The van der Waals surface area contributed by atoms with E-state index >= 15 is 0 Å². The Kier molecular flexibility index (Phi) is 5.27. The molecular formula is C18H22ClNO. The first-order valence-corrected chi connectivity index (χ1v) is 7.66. The number of hydrogen-bond acceptors (Lipinski definition) is 2. The highest BCUT2D eigenvalue weighted by atomic mass is 35.5. The summed E-state index contributed by atoms with van der Waals surface area (Å²) in [5, 5.41) is 0.678. The minimum Gasteiger partial charge on any atom is -0.457 e. The molecule has 2 N–H and O–H groups in total. The zero-order valence-electron chi connectivity index (χ0n) is 12.8. The van der Waals surface area contributed by atoms with Crippen molar-refractivity contribution in [3.05, 3.63) is 58.1 Å². The lowest BCUT2D eigenvalue weighted by Gasteiger charge is -2.14. The standard InChI is InChI=1S/C18H22ClNO/c1-4-16(20)9-14-7-5-12(2)17(10-14)21-18-11-15(19)8-6-13(18)3/h5-8,10-11,16H,4,9,20H2,1-3H3. The molecule has 0 amide bonds. The maximum absolute atomic E-state index is 6.05. The van der Waals surface area contributed by atoms with Crippen LogP contribution in [0.1, 0.15) is 30.0 Å². The van der Waals surface area contributed by atoms with E-state index in [1.165, 1.54) is 5.56 Å². The smallest absolute Gasteiger partial charge is 0.131 e. The van der Waals surface area contributed by atoms with E-state index < -0.39 is 0 Å². The van der Waals surface area contributed by atoms with Crippen molar-refractivity contribution in [3.63, 3.8) is 0 Å². The van der Waals surface area contributed by atoms with Gasteiger partial charge in [-0.05, 0) is 61.6 Å². The highest BCUT2D eigenvalue weighted by Crippen LogP contribution is 2.30. The van der Waals surface area contributed by atoms with E-state index in [4.69, 9.17) is 22.1 Å². The number of hydrogen-bond donors (Lipinski definition) is 1. The normalized spacial score (nSPS) is 12.2. The third-order valence-electron chi connectivity index (χ3n) is 3.64. The number of nitrogens with two attached hydrogens (primary N) is 1. The van der Waals surface area contributed by atoms with E-state index in [1.807, 2.05) is 32.0 Å². The van der Waals surface area contributed by atoms with Crippen molar-refractivity contribution in [2.45, 2.75) is 39.7 Å². The molecule has 0 fully saturated rings. The Balaban J connectivity index is 2.26. The summed E-state index contributed by atoms with van der Waals surface area (Å²) in [6.45, 7) is 6.15. The lowest BCUT2D eigenvalue weighted by atomic mass is 10.0. The molecule has 0 aliphatic carbocycles. The maximum atomic E-state index is 6.05. The zero-order chi connectivity index (χ0) is 15.4. The first-order chi connectivity index (χ1) is 9.99. The SMILES string of the molecule is CCC(N)Cc1ccc(C)c(Oc2cc(Cl)ccc2C)c1. The van der Waals surface area contributed by atoms with Gasteiger partial charge in [0.1, 0.15) is 11.5 Å². The predicted molar refractivity (Wildman–Crippen MR) is 89.4 cm³/mol.